The SMILES string of the molecule is CNCc1cc(OC)ccc1OCCc1nccn1C. The molecule has 0 bridgehead atoms. The molecule has 0 spiro atoms. The van der Waals surface area contributed by atoms with Crippen LogP contribution >= 0.6 is 0 Å². The van der Waals surface area contributed by atoms with Crippen molar-refractivity contribution < 1.29 is 9.47 Å². The number of ether oxygens (including phenoxy) is 2. The zero-order valence-corrected chi connectivity index (χ0v) is 12.2. The van der Waals surface area contributed by atoms with E-state index in [1.54, 1.807) is 13.3 Å². The van der Waals surface area contributed by atoms with E-state index >= 15 is 0 Å². The normalized spacial score (nSPS) is 10.6. The monoisotopic (exact) mass is 275 g/mol. The molecule has 2 rings (SSSR count). The van der Waals surface area contributed by atoms with Crippen molar-refractivity contribution in [2.24, 2.45) is 7.05 Å². The van der Waals surface area contributed by atoms with Crippen LogP contribution in [0, 0.1) is 0 Å². The Balaban J connectivity index is 1.99. The van der Waals surface area contributed by atoms with Crippen LogP contribution in [-0.2, 0) is 20.0 Å². The van der Waals surface area contributed by atoms with Gasteiger partial charge < -0.3 is 19.4 Å². The third kappa shape index (κ3) is 3.51. The summed E-state index contributed by atoms with van der Waals surface area (Å²) in [5.41, 5.74) is 1.09. The van der Waals surface area contributed by atoms with Crippen LogP contribution in [0.4, 0.5) is 0 Å². The molecule has 0 saturated carbocycles. The summed E-state index contributed by atoms with van der Waals surface area (Å²) in [5.74, 6) is 2.75. The molecule has 0 aliphatic heterocycles. The Labute approximate surface area is 119 Å². The molecular weight excluding hydrogens is 254 g/mol. The molecule has 0 atom stereocenters. The number of nitrogens with zero attached hydrogens (tertiary/aromatic N) is 2. The molecule has 5 heteroatoms. The smallest absolute Gasteiger partial charge is 0.124 e. The molecule has 0 saturated heterocycles. The maximum atomic E-state index is 5.87. The highest BCUT2D eigenvalue weighted by Gasteiger charge is 2.06. The Morgan fingerprint density at radius 2 is 2.20 bits per heavy atom. The largest absolute Gasteiger partial charge is 0.497 e. The number of rotatable bonds is 7. The fourth-order valence-corrected chi connectivity index (χ4v) is 2.04. The van der Waals surface area contributed by atoms with Gasteiger partial charge in [-0.25, -0.2) is 4.98 Å². The zero-order chi connectivity index (χ0) is 14.4. The Hall–Kier alpha value is -2.01. The van der Waals surface area contributed by atoms with Gasteiger partial charge in [-0.1, -0.05) is 0 Å². The van der Waals surface area contributed by atoms with Gasteiger partial charge in [-0.15, -0.1) is 0 Å². The number of hydrogen-bond acceptors (Lipinski definition) is 4. The van der Waals surface area contributed by atoms with Crippen molar-refractivity contribution in [2.75, 3.05) is 20.8 Å². The van der Waals surface area contributed by atoms with E-state index in [9.17, 15) is 0 Å². The fourth-order valence-electron chi connectivity index (χ4n) is 2.04. The second-order valence-corrected chi connectivity index (χ2v) is 4.56. The quantitative estimate of drug-likeness (QED) is 0.836. The standard InChI is InChI=1S/C15H21N3O2/c1-16-11-12-10-13(19-3)4-5-14(12)20-9-6-15-17-7-8-18(15)2/h4-5,7-8,10,16H,6,9,11H2,1-3H3. The maximum absolute atomic E-state index is 5.87. The van der Waals surface area contributed by atoms with Gasteiger partial charge in [0.2, 0.25) is 0 Å². The highest BCUT2D eigenvalue weighted by Crippen LogP contribution is 2.24. The second-order valence-electron chi connectivity index (χ2n) is 4.56. The lowest BCUT2D eigenvalue weighted by molar-refractivity contribution is 0.312. The fraction of sp³-hybridized carbons (Fsp3) is 0.400. The van der Waals surface area contributed by atoms with Gasteiger partial charge in [-0.2, -0.15) is 0 Å². The summed E-state index contributed by atoms with van der Waals surface area (Å²) in [4.78, 5) is 4.28. The van der Waals surface area contributed by atoms with Crippen molar-refractivity contribution in [2.45, 2.75) is 13.0 Å². The lowest BCUT2D eigenvalue weighted by Crippen LogP contribution is -2.10. The predicted molar refractivity (Wildman–Crippen MR) is 78.2 cm³/mol. The van der Waals surface area contributed by atoms with Crippen molar-refractivity contribution in [1.29, 1.82) is 0 Å². The van der Waals surface area contributed by atoms with Gasteiger partial charge in [0, 0.05) is 38.0 Å². The molecule has 0 aliphatic rings. The first-order valence-corrected chi connectivity index (χ1v) is 6.65. The van der Waals surface area contributed by atoms with Crippen molar-refractivity contribution in [3.63, 3.8) is 0 Å². The van der Waals surface area contributed by atoms with Crippen LogP contribution in [0.2, 0.25) is 0 Å². The molecule has 108 valence electrons. The average molecular weight is 275 g/mol. The first-order valence-electron chi connectivity index (χ1n) is 6.65. The summed E-state index contributed by atoms with van der Waals surface area (Å²) >= 11 is 0. The third-order valence-corrected chi connectivity index (χ3v) is 3.14. The Morgan fingerprint density at radius 3 is 2.85 bits per heavy atom. The molecule has 0 aliphatic carbocycles. The predicted octanol–water partition coefficient (Wildman–Crippen LogP) is 1.77. The van der Waals surface area contributed by atoms with E-state index in [1.807, 2.05) is 43.1 Å². The minimum absolute atomic E-state index is 0.605. The Morgan fingerprint density at radius 1 is 1.35 bits per heavy atom. The third-order valence-electron chi connectivity index (χ3n) is 3.14. The minimum atomic E-state index is 0.605. The van der Waals surface area contributed by atoms with Gasteiger partial charge in [0.1, 0.15) is 17.3 Å². The lowest BCUT2D eigenvalue weighted by Gasteiger charge is -2.12. The summed E-state index contributed by atoms with van der Waals surface area (Å²) in [5, 5.41) is 3.14. The van der Waals surface area contributed by atoms with Crippen LogP contribution in [0.1, 0.15) is 11.4 Å². The van der Waals surface area contributed by atoms with Gasteiger partial charge in [-0.05, 0) is 25.2 Å². The van der Waals surface area contributed by atoms with E-state index in [0.29, 0.717) is 6.61 Å². The van der Waals surface area contributed by atoms with Crippen LogP contribution in [0.15, 0.2) is 30.6 Å². The average Bonchev–Trinajstić information content (AvgIpc) is 2.86. The number of benzene rings is 1. The molecule has 0 unspecified atom stereocenters. The summed E-state index contributed by atoms with van der Waals surface area (Å²) in [7, 11) is 5.57. The van der Waals surface area contributed by atoms with Crippen LogP contribution < -0.4 is 14.8 Å². The molecule has 2 aromatic rings. The van der Waals surface area contributed by atoms with E-state index in [2.05, 4.69) is 10.3 Å². The lowest BCUT2D eigenvalue weighted by atomic mass is 10.2. The molecule has 0 amide bonds. The van der Waals surface area contributed by atoms with E-state index in [0.717, 1.165) is 35.9 Å². The van der Waals surface area contributed by atoms with E-state index < -0.39 is 0 Å². The van der Waals surface area contributed by atoms with Gasteiger partial charge in [-0.3, -0.25) is 0 Å². The maximum Gasteiger partial charge on any atom is 0.124 e. The number of imidazole rings is 1. The molecular formula is C15H21N3O2. The first-order chi connectivity index (χ1) is 9.74. The van der Waals surface area contributed by atoms with Gasteiger partial charge >= 0.3 is 0 Å². The van der Waals surface area contributed by atoms with Crippen LogP contribution in [0.25, 0.3) is 0 Å². The first kappa shape index (κ1) is 14.4. The van der Waals surface area contributed by atoms with Crippen molar-refractivity contribution in [1.82, 2.24) is 14.9 Å². The van der Waals surface area contributed by atoms with Crippen molar-refractivity contribution in [3.8, 4) is 11.5 Å². The Bertz CT molecular complexity index is 552. The summed E-state index contributed by atoms with van der Waals surface area (Å²) in [6.07, 6.45) is 4.53. The molecule has 1 aromatic carbocycles. The molecule has 20 heavy (non-hydrogen) atoms. The number of nitrogens with one attached hydrogen (secondary N) is 1. The van der Waals surface area contributed by atoms with Crippen LogP contribution in [0.5, 0.6) is 11.5 Å². The minimum Gasteiger partial charge on any atom is -0.497 e. The summed E-state index contributed by atoms with van der Waals surface area (Å²) in [6.45, 7) is 1.35. The molecule has 1 N–H and O–H groups in total. The van der Waals surface area contributed by atoms with Gasteiger partial charge in [0.05, 0.1) is 13.7 Å². The van der Waals surface area contributed by atoms with E-state index in [4.69, 9.17) is 9.47 Å². The van der Waals surface area contributed by atoms with Crippen LogP contribution in [0.3, 0.4) is 0 Å². The Kier molecular flexibility index (Phi) is 5.01. The molecule has 1 aromatic heterocycles. The van der Waals surface area contributed by atoms with Crippen molar-refractivity contribution in [3.05, 3.63) is 42.0 Å². The molecule has 5 nitrogen and oxygen atoms in total. The highest BCUT2D eigenvalue weighted by atomic mass is 16.5. The topological polar surface area (TPSA) is 48.3 Å². The highest BCUT2D eigenvalue weighted by molar-refractivity contribution is 5.40. The van der Waals surface area contributed by atoms with Crippen molar-refractivity contribution >= 4 is 0 Å². The molecule has 1 heterocycles. The van der Waals surface area contributed by atoms with E-state index in [-0.39, 0.29) is 0 Å². The van der Waals surface area contributed by atoms with E-state index in [1.165, 1.54) is 0 Å². The van der Waals surface area contributed by atoms with Gasteiger partial charge in [0.15, 0.2) is 0 Å². The zero-order valence-electron chi connectivity index (χ0n) is 12.2. The van der Waals surface area contributed by atoms with Gasteiger partial charge in [0.25, 0.3) is 0 Å². The molecule has 0 fully saturated rings. The number of aromatic nitrogens is 2. The summed E-state index contributed by atoms with van der Waals surface area (Å²) < 4.78 is 13.1. The number of hydrogen-bond donors (Lipinski definition) is 1. The number of methoxy groups -OCH3 is 1. The number of aryl methyl sites for hydroxylation is 1. The van der Waals surface area contributed by atoms with Crippen LogP contribution in [-0.4, -0.2) is 30.3 Å². The molecule has 0 radical (unpaired) electrons. The summed E-state index contributed by atoms with van der Waals surface area (Å²) in [6, 6.07) is 5.85. The second kappa shape index (κ2) is 6.96.